The van der Waals surface area contributed by atoms with Gasteiger partial charge in [-0.3, -0.25) is 9.78 Å². The van der Waals surface area contributed by atoms with E-state index in [1.807, 2.05) is 29.3 Å². The van der Waals surface area contributed by atoms with Crippen molar-refractivity contribution in [1.29, 1.82) is 0 Å². The third-order valence-electron chi connectivity index (χ3n) is 5.70. The molecule has 0 N–H and O–H groups in total. The van der Waals surface area contributed by atoms with E-state index in [1.165, 1.54) is 6.42 Å². The number of amides is 1. The number of halogens is 1. The van der Waals surface area contributed by atoms with Crippen molar-refractivity contribution in [3.8, 4) is 16.9 Å². The minimum absolute atomic E-state index is 0.104. The van der Waals surface area contributed by atoms with E-state index in [0.717, 1.165) is 66.0 Å². The summed E-state index contributed by atoms with van der Waals surface area (Å²) in [7, 11) is 0. The van der Waals surface area contributed by atoms with Crippen LogP contribution in [0.5, 0.6) is 5.75 Å². The maximum Gasteiger partial charge on any atom is 0.263 e. The number of fused-ring (bicyclic) bond motifs is 2. The second-order valence-electron chi connectivity index (χ2n) is 7.46. The lowest BCUT2D eigenvalue weighted by atomic mass is 9.97. The molecule has 0 radical (unpaired) electrons. The molecule has 1 aromatic carbocycles. The van der Waals surface area contributed by atoms with Crippen molar-refractivity contribution in [1.82, 2.24) is 9.88 Å². The molecule has 3 aliphatic rings. The molecule has 1 fully saturated rings. The van der Waals surface area contributed by atoms with Gasteiger partial charge in [0.15, 0.2) is 6.10 Å². The summed E-state index contributed by atoms with van der Waals surface area (Å²) >= 11 is 6.42. The van der Waals surface area contributed by atoms with Crippen LogP contribution < -0.4 is 4.74 Å². The first-order valence-electron chi connectivity index (χ1n) is 9.63. The van der Waals surface area contributed by atoms with Gasteiger partial charge in [0, 0.05) is 53.8 Å². The highest BCUT2D eigenvalue weighted by Crippen LogP contribution is 2.43. The molecule has 138 valence electrons. The lowest BCUT2D eigenvalue weighted by molar-refractivity contribution is -0.138. The van der Waals surface area contributed by atoms with Crippen LogP contribution in [0.3, 0.4) is 0 Å². The normalized spacial score (nSPS) is 20.3. The highest BCUT2D eigenvalue weighted by Gasteiger charge is 2.35. The summed E-state index contributed by atoms with van der Waals surface area (Å²) < 4.78 is 6.23. The van der Waals surface area contributed by atoms with Crippen LogP contribution in [0, 0.1) is 0 Å². The zero-order chi connectivity index (χ0) is 18.4. The zero-order valence-corrected chi connectivity index (χ0v) is 15.8. The molecule has 27 heavy (non-hydrogen) atoms. The Bertz CT molecular complexity index is 948. The smallest absolute Gasteiger partial charge is 0.263 e. The summed E-state index contributed by atoms with van der Waals surface area (Å²) in [6.45, 7) is 1.68. The second-order valence-corrected chi connectivity index (χ2v) is 7.90. The quantitative estimate of drug-likeness (QED) is 0.780. The number of likely N-dealkylation sites (tertiary alicyclic amines) is 1. The van der Waals surface area contributed by atoms with Gasteiger partial charge in [0.25, 0.3) is 5.91 Å². The molecule has 5 heteroatoms. The van der Waals surface area contributed by atoms with Crippen molar-refractivity contribution in [3.05, 3.63) is 52.3 Å². The van der Waals surface area contributed by atoms with Crippen molar-refractivity contribution < 1.29 is 9.53 Å². The molecule has 1 aliphatic carbocycles. The predicted octanol–water partition coefficient (Wildman–Crippen LogP) is 4.29. The van der Waals surface area contributed by atoms with E-state index in [2.05, 4.69) is 17.1 Å². The number of aromatic nitrogens is 1. The number of rotatable bonds is 2. The third kappa shape index (κ3) is 2.92. The molecular formula is C22H21ClN2O2. The molecule has 1 aromatic heterocycles. The SMILES string of the molecule is O=C([C@H]1Cc2cc(Cl)cc(-c3ccnc4c3C=CC4)c2O1)N1CCCCC1. The molecule has 4 nitrogen and oxygen atoms in total. The molecule has 1 amide bonds. The Labute approximate surface area is 163 Å². The number of nitrogens with zero attached hydrogens (tertiary/aromatic N) is 2. The number of hydrogen-bond donors (Lipinski definition) is 0. The van der Waals surface area contributed by atoms with Crippen LogP contribution in [-0.4, -0.2) is 35.0 Å². The fourth-order valence-corrected chi connectivity index (χ4v) is 4.61. The van der Waals surface area contributed by atoms with Crippen LogP contribution in [-0.2, 0) is 17.6 Å². The van der Waals surface area contributed by atoms with E-state index in [0.29, 0.717) is 11.4 Å². The van der Waals surface area contributed by atoms with Crippen molar-refractivity contribution in [2.24, 2.45) is 0 Å². The van der Waals surface area contributed by atoms with Gasteiger partial charge >= 0.3 is 0 Å². The van der Waals surface area contributed by atoms with Gasteiger partial charge in [0.2, 0.25) is 0 Å². The minimum Gasteiger partial charge on any atom is -0.479 e. The summed E-state index contributed by atoms with van der Waals surface area (Å²) in [5.74, 6) is 0.899. The molecule has 0 spiro atoms. The number of allylic oxidation sites excluding steroid dienone is 1. The van der Waals surface area contributed by atoms with Gasteiger partial charge in [-0.15, -0.1) is 0 Å². The maximum atomic E-state index is 12.9. The van der Waals surface area contributed by atoms with Gasteiger partial charge in [-0.1, -0.05) is 23.8 Å². The summed E-state index contributed by atoms with van der Waals surface area (Å²) in [6, 6.07) is 5.88. The van der Waals surface area contributed by atoms with Gasteiger partial charge in [0.1, 0.15) is 5.75 Å². The van der Waals surface area contributed by atoms with E-state index in [4.69, 9.17) is 16.3 Å². The third-order valence-corrected chi connectivity index (χ3v) is 5.92. The zero-order valence-electron chi connectivity index (χ0n) is 15.1. The lowest BCUT2D eigenvalue weighted by Gasteiger charge is -2.28. The number of benzene rings is 1. The Morgan fingerprint density at radius 2 is 2.04 bits per heavy atom. The summed E-state index contributed by atoms with van der Waals surface area (Å²) in [5, 5.41) is 0.672. The average molecular weight is 381 g/mol. The lowest BCUT2D eigenvalue weighted by Crippen LogP contribution is -2.43. The monoisotopic (exact) mass is 380 g/mol. The van der Waals surface area contributed by atoms with Crippen LogP contribution in [0.1, 0.15) is 36.1 Å². The number of piperidine rings is 1. The molecule has 1 saturated heterocycles. The first kappa shape index (κ1) is 16.8. The standard InChI is InChI=1S/C22H21ClN2O2/c23-15-11-14-12-20(22(26)25-9-2-1-3-10-25)27-21(14)18(13-15)16-7-8-24-19-6-4-5-17(16)19/h4-5,7-8,11,13,20H,1-3,6,9-10,12H2/t20-/m1/s1. The van der Waals surface area contributed by atoms with Crippen molar-refractivity contribution in [2.45, 2.75) is 38.2 Å². The largest absolute Gasteiger partial charge is 0.479 e. The van der Waals surface area contributed by atoms with E-state index >= 15 is 0 Å². The van der Waals surface area contributed by atoms with Gasteiger partial charge in [0.05, 0.1) is 5.69 Å². The van der Waals surface area contributed by atoms with Crippen molar-refractivity contribution in [3.63, 3.8) is 0 Å². The molecule has 0 bridgehead atoms. The van der Waals surface area contributed by atoms with Crippen molar-refractivity contribution >= 4 is 23.6 Å². The highest BCUT2D eigenvalue weighted by molar-refractivity contribution is 6.31. The molecule has 0 unspecified atom stereocenters. The van der Waals surface area contributed by atoms with Crippen LogP contribution in [0.4, 0.5) is 0 Å². The summed E-state index contributed by atoms with van der Waals surface area (Å²) in [4.78, 5) is 19.4. The Balaban J connectivity index is 1.51. The maximum absolute atomic E-state index is 12.9. The molecule has 2 aliphatic heterocycles. The number of pyridine rings is 1. The van der Waals surface area contributed by atoms with Gasteiger partial charge in [-0.05, 0) is 43.0 Å². The molecule has 3 heterocycles. The first-order chi connectivity index (χ1) is 13.2. The fraction of sp³-hybridized carbons (Fsp3) is 0.364. The predicted molar refractivity (Wildman–Crippen MR) is 106 cm³/mol. The van der Waals surface area contributed by atoms with E-state index in [-0.39, 0.29) is 5.91 Å². The number of hydrogen-bond acceptors (Lipinski definition) is 3. The van der Waals surface area contributed by atoms with Crippen molar-refractivity contribution in [2.75, 3.05) is 13.1 Å². The molecule has 5 rings (SSSR count). The average Bonchev–Trinajstić information content (AvgIpc) is 3.34. The summed E-state index contributed by atoms with van der Waals surface area (Å²) in [5.41, 5.74) is 5.23. The van der Waals surface area contributed by atoms with Crippen LogP contribution >= 0.6 is 11.6 Å². The van der Waals surface area contributed by atoms with Crippen LogP contribution in [0.25, 0.3) is 17.2 Å². The second kappa shape index (κ2) is 6.68. The van der Waals surface area contributed by atoms with Crippen LogP contribution in [0.2, 0.25) is 5.02 Å². The Kier molecular flexibility index (Phi) is 4.16. The van der Waals surface area contributed by atoms with E-state index < -0.39 is 6.10 Å². The molecule has 2 aromatic rings. The van der Waals surface area contributed by atoms with Gasteiger partial charge < -0.3 is 9.64 Å². The Hall–Kier alpha value is -2.33. The highest BCUT2D eigenvalue weighted by atomic mass is 35.5. The fourth-order valence-electron chi connectivity index (χ4n) is 4.37. The van der Waals surface area contributed by atoms with Gasteiger partial charge in [-0.25, -0.2) is 0 Å². The van der Waals surface area contributed by atoms with Gasteiger partial charge in [-0.2, -0.15) is 0 Å². The first-order valence-corrected chi connectivity index (χ1v) is 10.0. The van der Waals surface area contributed by atoms with E-state index in [1.54, 1.807) is 0 Å². The Morgan fingerprint density at radius 1 is 1.19 bits per heavy atom. The molecular weight excluding hydrogens is 360 g/mol. The number of carbonyl (C=O) groups excluding carboxylic acids is 1. The molecule has 0 saturated carbocycles. The van der Waals surface area contributed by atoms with E-state index in [9.17, 15) is 4.79 Å². The minimum atomic E-state index is -0.444. The topological polar surface area (TPSA) is 42.4 Å². The number of carbonyl (C=O) groups is 1. The molecule has 1 atom stereocenters. The van der Waals surface area contributed by atoms with Crippen LogP contribution in [0.15, 0.2) is 30.5 Å². The number of ether oxygens (including phenoxy) is 1. The summed E-state index contributed by atoms with van der Waals surface area (Å²) in [6.07, 6.45) is 10.4. The Morgan fingerprint density at radius 3 is 2.89 bits per heavy atom.